The summed E-state index contributed by atoms with van der Waals surface area (Å²) < 4.78 is 31.1. The Morgan fingerprint density at radius 2 is 2.16 bits per heavy atom. The predicted octanol–water partition coefficient (Wildman–Crippen LogP) is 2.14. The Balaban J connectivity index is 2.05. The Labute approximate surface area is 144 Å². The van der Waals surface area contributed by atoms with E-state index in [2.05, 4.69) is 9.88 Å². The molecule has 1 aliphatic heterocycles. The van der Waals surface area contributed by atoms with E-state index < -0.39 is 14.9 Å². The van der Waals surface area contributed by atoms with Crippen LogP contribution in [0.1, 0.15) is 30.3 Å². The maximum atomic E-state index is 11.9. The zero-order valence-corrected chi connectivity index (χ0v) is 14.6. The van der Waals surface area contributed by atoms with Crippen LogP contribution in [0.4, 0.5) is 11.4 Å². The van der Waals surface area contributed by atoms with Gasteiger partial charge in [-0.1, -0.05) is 5.16 Å². The standard InChI is InChI=1S/C15H18N4O5S/c1-10-8-12(17-24-10)13-4-3-7-18(13)14-6-5-11(25(22,23)16-2)9-15(14)19(20)21/h5-6,8-9,13,16H,3-4,7H2,1-2H3. The lowest BCUT2D eigenvalue weighted by molar-refractivity contribution is -0.384. The second kappa shape index (κ2) is 6.45. The van der Waals surface area contributed by atoms with Gasteiger partial charge in [-0.15, -0.1) is 0 Å². The van der Waals surface area contributed by atoms with Gasteiger partial charge in [0.25, 0.3) is 5.69 Å². The van der Waals surface area contributed by atoms with E-state index in [9.17, 15) is 18.5 Å². The average Bonchev–Trinajstić information content (AvgIpc) is 3.22. The lowest BCUT2D eigenvalue weighted by Gasteiger charge is -2.25. The molecule has 3 rings (SSSR count). The molecule has 1 fully saturated rings. The number of aromatic nitrogens is 1. The van der Waals surface area contributed by atoms with Crippen molar-refractivity contribution in [1.82, 2.24) is 9.88 Å². The van der Waals surface area contributed by atoms with Gasteiger partial charge in [-0.25, -0.2) is 13.1 Å². The Hall–Kier alpha value is -2.46. The van der Waals surface area contributed by atoms with Gasteiger partial charge >= 0.3 is 0 Å². The van der Waals surface area contributed by atoms with Gasteiger partial charge in [0.05, 0.1) is 15.9 Å². The summed E-state index contributed by atoms with van der Waals surface area (Å²) >= 11 is 0. The number of anilines is 1. The van der Waals surface area contributed by atoms with E-state index in [1.807, 2.05) is 11.0 Å². The quantitative estimate of drug-likeness (QED) is 0.636. The third-order valence-electron chi connectivity index (χ3n) is 4.27. The number of hydrogen-bond donors (Lipinski definition) is 1. The third kappa shape index (κ3) is 3.22. The highest BCUT2D eigenvalue weighted by Gasteiger charge is 2.33. The van der Waals surface area contributed by atoms with Crippen molar-refractivity contribution in [2.24, 2.45) is 0 Å². The summed E-state index contributed by atoms with van der Waals surface area (Å²) in [5, 5.41) is 15.5. The van der Waals surface area contributed by atoms with Crippen LogP contribution in [0.15, 0.2) is 33.7 Å². The van der Waals surface area contributed by atoms with Gasteiger partial charge in [0.15, 0.2) is 0 Å². The summed E-state index contributed by atoms with van der Waals surface area (Å²) in [5.41, 5.74) is 0.850. The summed E-state index contributed by atoms with van der Waals surface area (Å²) in [7, 11) is -2.49. The molecule has 0 spiro atoms. The molecule has 1 aromatic heterocycles. The number of nitrogens with zero attached hydrogens (tertiary/aromatic N) is 3. The van der Waals surface area contributed by atoms with Crippen LogP contribution < -0.4 is 9.62 Å². The van der Waals surface area contributed by atoms with Crippen molar-refractivity contribution in [1.29, 1.82) is 0 Å². The van der Waals surface area contributed by atoms with Crippen molar-refractivity contribution < 1.29 is 17.9 Å². The van der Waals surface area contributed by atoms with Crippen LogP contribution in [0.5, 0.6) is 0 Å². The smallest absolute Gasteiger partial charge is 0.293 e. The normalized spacial score (nSPS) is 17.8. The second-order valence-corrected chi connectivity index (χ2v) is 7.72. The summed E-state index contributed by atoms with van der Waals surface area (Å²) in [6, 6.07) is 5.62. The number of nitro groups is 1. The number of nitro benzene ring substituents is 1. The molecule has 2 aromatic rings. The number of hydrogen-bond acceptors (Lipinski definition) is 7. The number of aryl methyl sites for hydroxylation is 1. The van der Waals surface area contributed by atoms with E-state index in [1.54, 1.807) is 6.92 Å². The number of benzene rings is 1. The molecule has 1 saturated heterocycles. The van der Waals surface area contributed by atoms with Crippen LogP contribution in [0.3, 0.4) is 0 Å². The van der Waals surface area contributed by atoms with E-state index in [1.165, 1.54) is 19.2 Å². The first-order valence-electron chi connectivity index (χ1n) is 7.75. The molecule has 0 saturated carbocycles. The predicted molar refractivity (Wildman–Crippen MR) is 89.9 cm³/mol. The van der Waals surface area contributed by atoms with Gasteiger partial charge in [-0.05, 0) is 38.9 Å². The van der Waals surface area contributed by atoms with Gasteiger partial charge in [0.2, 0.25) is 10.0 Å². The fourth-order valence-electron chi connectivity index (χ4n) is 3.08. The van der Waals surface area contributed by atoms with Crippen molar-refractivity contribution in [3.05, 3.63) is 45.8 Å². The SMILES string of the molecule is CNS(=O)(=O)c1ccc(N2CCCC2c2cc(C)on2)c([N+](=O)[O-])c1. The lowest BCUT2D eigenvalue weighted by Crippen LogP contribution is -2.24. The van der Waals surface area contributed by atoms with Crippen molar-refractivity contribution in [2.75, 3.05) is 18.5 Å². The van der Waals surface area contributed by atoms with E-state index in [0.717, 1.165) is 24.6 Å². The maximum Gasteiger partial charge on any atom is 0.293 e. The molecule has 0 radical (unpaired) electrons. The third-order valence-corrected chi connectivity index (χ3v) is 5.68. The molecule has 1 unspecified atom stereocenters. The van der Waals surface area contributed by atoms with E-state index in [-0.39, 0.29) is 16.6 Å². The topological polar surface area (TPSA) is 119 Å². The van der Waals surface area contributed by atoms with Crippen LogP contribution in [0.2, 0.25) is 0 Å². The number of sulfonamides is 1. The Kier molecular flexibility index (Phi) is 4.48. The van der Waals surface area contributed by atoms with Crippen LogP contribution in [0.25, 0.3) is 0 Å². The minimum atomic E-state index is -3.76. The van der Waals surface area contributed by atoms with Crippen molar-refractivity contribution in [3.8, 4) is 0 Å². The first kappa shape index (κ1) is 17.4. The van der Waals surface area contributed by atoms with Crippen LogP contribution >= 0.6 is 0 Å². The molecule has 0 bridgehead atoms. The van der Waals surface area contributed by atoms with Gasteiger partial charge in [0.1, 0.15) is 17.1 Å². The molecule has 10 heteroatoms. The van der Waals surface area contributed by atoms with Gasteiger partial charge in [-0.3, -0.25) is 10.1 Å². The van der Waals surface area contributed by atoms with E-state index >= 15 is 0 Å². The number of rotatable bonds is 5. The Bertz CT molecular complexity index is 908. The minimum absolute atomic E-state index is 0.136. The minimum Gasteiger partial charge on any atom is -0.361 e. The summed E-state index contributed by atoms with van der Waals surface area (Å²) in [5.74, 6) is 0.673. The second-order valence-electron chi connectivity index (χ2n) is 5.83. The highest BCUT2D eigenvalue weighted by Crippen LogP contribution is 2.40. The van der Waals surface area contributed by atoms with E-state index in [0.29, 0.717) is 18.0 Å². The van der Waals surface area contributed by atoms with Gasteiger partial charge < -0.3 is 9.42 Å². The Morgan fingerprint density at radius 1 is 1.40 bits per heavy atom. The average molecular weight is 366 g/mol. The zero-order valence-electron chi connectivity index (χ0n) is 13.8. The highest BCUT2D eigenvalue weighted by molar-refractivity contribution is 7.89. The molecule has 1 atom stereocenters. The molecule has 0 aliphatic carbocycles. The largest absolute Gasteiger partial charge is 0.361 e. The van der Waals surface area contributed by atoms with Gasteiger partial charge in [-0.2, -0.15) is 0 Å². The molecule has 2 heterocycles. The lowest BCUT2D eigenvalue weighted by atomic mass is 10.1. The first-order chi connectivity index (χ1) is 11.8. The molecular formula is C15H18N4O5S. The van der Waals surface area contributed by atoms with Crippen molar-refractivity contribution in [2.45, 2.75) is 30.7 Å². The van der Waals surface area contributed by atoms with Crippen LogP contribution in [-0.4, -0.2) is 32.1 Å². The number of nitrogens with one attached hydrogen (secondary N) is 1. The van der Waals surface area contributed by atoms with Crippen LogP contribution in [0, 0.1) is 17.0 Å². The highest BCUT2D eigenvalue weighted by atomic mass is 32.2. The first-order valence-corrected chi connectivity index (χ1v) is 9.23. The molecule has 1 N–H and O–H groups in total. The molecule has 9 nitrogen and oxygen atoms in total. The molecule has 25 heavy (non-hydrogen) atoms. The molecular weight excluding hydrogens is 348 g/mol. The molecule has 134 valence electrons. The summed E-state index contributed by atoms with van der Waals surface area (Å²) in [6.07, 6.45) is 1.64. The summed E-state index contributed by atoms with van der Waals surface area (Å²) in [6.45, 7) is 2.41. The fraction of sp³-hybridized carbons (Fsp3) is 0.400. The van der Waals surface area contributed by atoms with Crippen molar-refractivity contribution >= 4 is 21.4 Å². The molecule has 1 aromatic carbocycles. The van der Waals surface area contributed by atoms with Gasteiger partial charge in [0, 0.05) is 18.7 Å². The summed E-state index contributed by atoms with van der Waals surface area (Å²) in [4.78, 5) is 12.7. The monoisotopic (exact) mass is 366 g/mol. The maximum absolute atomic E-state index is 11.9. The van der Waals surface area contributed by atoms with E-state index in [4.69, 9.17) is 4.52 Å². The van der Waals surface area contributed by atoms with Crippen LogP contribution in [-0.2, 0) is 10.0 Å². The fourth-order valence-corrected chi connectivity index (χ4v) is 3.83. The zero-order chi connectivity index (χ0) is 18.2. The molecule has 0 amide bonds. The van der Waals surface area contributed by atoms with Crippen molar-refractivity contribution in [3.63, 3.8) is 0 Å². The Morgan fingerprint density at radius 3 is 2.76 bits per heavy atom. The molecule has 1 aliphatic rings.